The van der Waals surface area contributed by atoms with E-state index >= 15 is 0 Å². The van der Waals surface area contributed by atoms with Gasteiger partial charge in [-0.3, -0.25) is 9.48 Å². The monoisotopic (exact) mass is 352 g/mol. The Morgan fingerprint density at radius 1 is 1.31 bits per heavy atom. The number of nitrogens with zero attached hydrogens (tertiary/aromatic N) is 3. The summed E-state index contributed by atoms with van der Waals surface area (Å²) in [4.78, 5) is 11.8. The van der Waals surface area contributed by atoms with Crippen molar-refractivity contribution in [3.63, 3.8) is 0 Å². The molecule has 0 spiro atoms. The lowest BCUT2D eigenvalue weighted by Crippen LogP contribution is -2.29. The fourth-order valence-corrected chi connectivity index (χ4v) is 3.63. The van der Waals surface area contributed by atoms with E-state index in [1.54, 1.807) is 13.1 Å². The highest BCUT2D eigenvalue weighted by molar-refractivity contribution is 5.94. The average Bonchev–Trinajstić information content (AvgIpc) is 3.22. The van der Waals surface area contributed by atoms with Crippen molar-refractivity contribution in [2.45, 2.75) is 37.8 Å². The number of hydrogen-bond acceptors (Lipinski definition) is 5. The van der Waals surface area contributed by atoms with Gasteiger partial charge in [-0.1, -0.05) is 35.5 Å². The van der Waals surface area contributed by atoms with Crippen molar-refractivity contribution in [2.24, 2.45) is 5.73 Å². The van der Waals surface area contributed by atoms with Crippen LogP contribution in [-0.4, -0.2) is 26.0 Å². The van der Waals surface area contributed by atoms with E-state index in [4.69, 9.17) is 10.3 Å². The lowest BCUT2D eigenvalue weighted by molar-refractivity contribution is 0.0989. The van der Waals surface area contributed by atoms with Crippen LogP contribution in [0.1, 0.15) is 59.6 Å². The third-order valence-electron chi connectivity index (χ3n) is 4.99. The Balaban J connectivity index is 1.64. The largest absolute Gasteiger partial charge is 0.387 e. The topological polar surface area (TPSA) is 107 Å². The van der Waals surface area contributed by atoms with Gasteiger partial charge in [-0.25, -0.2) is 0 Å². The number of benzene rings is 1. The summed E-state index contributed by atoms with van der Waals surface area (Å²) in [5, 5.41) is 18.1. The van der Waals surface area contributed by atoms with Gasteiger partial charge in [0.1, 0.15) is 0 Å². The third-order valence-corrected chi connectivity index (χ3v) is 4.99. The average molecular weight is 352 g/mol. The van der Waals surface area contributed by atoms with Gasteiger partial charge in [0, 0.05) is 17.3 Å². The summed E-state index contributed by atoms with van der Waals surface area (Å²) in [6.45, 7) is 1.72. The minimum atomic E-state index is -0.585. The Hall–Kier alpha value is -2.93. The smallest absolute Gasteiger partial charge is 0.271 e. The van der Waals surface area contributed by atoms with Gasteiger partial charge in [0.25, 0.3) is 5.91 Å². The zero-order valence-electron chi connectivity index (χ0n) is 14.4. The fraction of sp³-hybridized carbons (Fsp3) is 0.316. The van der Waals surface area contributed by atoms with Crippen LogP contribution in [0.5, 0.6) is 0 Å². The van der Waals surface area contributed by atoms with Gasteiger partial charge in [0.05, 0.1) is 17.8 Å². The first kappa shape index (κ1) is 16.5. The maximum Gasteiger partial charge on any atom is 0.271 e. The van der Waals surface area contributed by atoms with E-state index in [2.05, 4.69) is 10.3 Å². The van der Waals surface area contributed by atoms with Crippen LogP contribution < -0.4 is 5.73 Å². The van der Waals surface area contributed by atoms with E-state index in [1.807, 2.05) is 41.1 Å². The second-order valence-electron chi connectivity index (χ2n) is 6.70. The summed E-state index contributed by atoms with van der Waals surface area (Å²) in [5.74, 6) is 0.118. The van der Waals surface area contributed by atoms with Crippen molar-refractivity contribution >= 4 is 5.91 Å². The highest BCUT2D eigenvalue weighted by Gasteiger charge is 2.39. The SMILES string of the molecule is C[C@@H](O)c1ccnn1C1CC(c2c(C(N)=O)noc2-c2ccccc2)C1. The number of aliphatic hydroxyl groups is 1. The predicted molar refractivity (Wildman–Crippen MR) is 94.3 cm³/mol. The molecule has 4 rings (SSSR count). The molecular weight excluding hydrogens is 332 g/mol. The second-order valence-corrected chi connectivity index (χ2v) is 6.70. The minimum Gasteiger partial charge on any atom is -0.387 e. The van der Waals surface area contributed by atoms with Crippen molar-refractivity contribution in [3.8, 4) is 11.3 Å². The van der Waals surface area contributed by atoms with E-state index in [1.165, 1.54) is 0 Å². The Labute approximate surface area is 150 Å². The van der Waals surface area contributed by atoms with Crippen LogP contribution >= 0.6 is 0 Å². The van der Waals surface area contributed by atoms with E-state index < -0.39 is 12.0 Å². The number of nitrogens with two attached hydrogens (primary N) is 1. The lowest BCUT2D eigenvalue weighted by atomic mass is 9.74. The van der Waals surface area contributed by atoms with E-state index in [0.29, 0.717) is 5.76 Å². The molecule has 2 aromatic heterocycles. The quantitative estimate of drug-likeness (QED) is 0.734. The normalized spacial score (nSPS) is 20.5. The van der Waals surface area contributed by atoms with Gasteiger partial charge in [-0.05, 0) is 31.7 Å². The van der Waals surface area contributed by atoms with Gasteiger partial charge in [0.15, 0.2) is 11.5 Å². The van der Waals surface area contributed by atoms with Crippen LogP contribution in [0.4, 0.5) is 0 Å². The number of rotatable bonds is 5. The zero-order valence-corrected chi connectivity index (χ0v) is 14.4. The summed E-state index contributed by atoms with van der Waals surface area (Å²) in [7, 11) is 0. The zero-order chi connectivity index (χ0) is 18.3. The molecule has 0 bridgehead atoms. The number of carbonyl (C=O) groups excluding carboxylic acids is 1. The first-order valence-electron chi connectivity index (χ1n) is 8.62. The molecule has 1 saturated carbocycles. The highest BCUT2D eigenvalue weighted by atomic mass is 16.5. The fourth-order valence-electron chi connectivity index (χ4n) is 3.63. The molecule has 0 radical (unpaired) electrons. The van der Waals surface area contributed by atoms with E-state index in [9.17, 15) is 9.90 Å². The number of aliphatic hydroxyl groups excluding tert-OH is 1. The Kier molecular flexibility index (Phi) is 4.08. The molecule has 3 N–H and O–H groups in total. The molecule has 2 heterocycles. The number of carbonyl (C=O) groups is 1. The minimum absolute atomic E-state index is 0.106. The molecule has 1 amide bonds. The summed E-state index contributed by atoms with van der Waals surface area (Å²) < 4.78 is 7.34. The second kappa shape index (κ2) is 6.42. The van der Waals surface area contributed by atoms with Gasteiger partial charge >= 0.3 is 0 Å². The number of aromatic nitrogens is 3. The highest BCUT2D eigenvalue weighted by Crippen LogP contribution is 2.49. The van der Waals surface area contributed by atoms with Crippen LogP contribution in [0.3, 0.4) is 0 Å². The molecule has 7 nitrogen and oxygen atoms in total. The summed E-state index contributed by atoms with van der Waals surface area (Å²) in [6, 6.07) is 11.6. The predicted octanol–water partition coefficient (Wildman–Crippen LogP) is 2.81. The molecular formula is C19H20N4O3. The molecule has 1 aliphatic rings. The van der Waals surface area contributed by atoms with Crippen LogP contribution in [0.2, 0.25) is 0 Å². The molecule has 1 atom stereocenters. The first-order chi connectivity index (χ1) is 12.6. The summed E-state index contributed by atoms with van der Waals surface area (Å²) in [6.07, 6.45) is 2.68. The maximum absolute atomic E-state index is 11.8. The molecule has 0 aliphatic heterocycles. The van der Waals surface area contributed by atoms with Gasteiger partial charge in [-0.2, -0.15) is 5.10 Å². The van der Waals surface area contributed by atoms with E-state index in [-0.39, 0.29) is 17.7 Å². The number of amides is 1. The summed E-state index contributed by atoms with van der Waals surface area (Å²) in [5.41, 5.74) is 8.13. The van der Waals surface area contributed by atoms with Crippen LogP contribution in [0.15, 0.2) is 47.1 Å². The van der Waals surface area contributed by atoms with Crippen LogP contribution in [0, 0.1) is 0 Å². The molecule has 3 aromatic rings. The summed E-state index contributed by atoms with van der Waals surface area (Å²) >= 11 is 0. The first-order valence-corrected chi connectivity index (χ1v) is 8.62. The molecule has 7 heteroatoms. The van der Waals surface area contributed by atoms with Gasteiger partial charge in [-0.15, -0.1) is 0 Å². The Bertz CT molecular complexity index is 923. The lowest BCUT2D eigenvalue weighted by Gasteiger charge is -2.36. The Morgan fingerprint density at radius 3 is 2.69 bits per heavy atom. The molecule has 1 fully saturated rings. The van der Waals surface area contributed by atoms with Gasteiger partial charge in [0.2, 0.25) is 0 Å². The van der Waals surface area contributed by atoms with E-state index in [0.717, 1.165) is 29.7 Å². The van der Waals surface area contributed by atoms with Crippen molar-refractivity contribution in [1.82, 2.24) is 14.9 Å². The number of primary amides is 1. The van der Waals surface area contributed by atoms with Gasteiger partial charge < -0.3 is 15.4 Å². The third kappa shape index (κ3) is 2.70. The standard InChI is InChI=1S/C19H20N4O3/c1-11(24)15-7-8-21-23(15)14-9-13(10-14)16-17(19(20)25)22-26-18(16)12-5-3-2-4-6-12/h2-8,11,13-14,24H,9-10H2,1H3,(H2,20,25)/t11-,13?,14?/m1/s1. The van der Waals surface area contributed by atoms with Crippen molar-refractivity contribution in [2.75, 3.05) is 0 Å². The maximum atomic E-state index is 11.8. The van der Waals surface area contributed by atoms with Crippen LogP contribution in [0.25, 0.3) is 11.3 Å². The number of hydrogen-bond donors (Lipinski definition) is 2. The Morgan fingerprint density at radius 2 is 2.04 bits per heavy atom. The molecule has 134 valence electrons. The molecule has 1 aromatic carbocycles. The van der Waals surface area contributed by atoms with Crippen LogP contribution in [-0.2, 0) is 0 Å². The van der Waals surface area contributed by atoms with Crippen molar-refractivity contribution in [3.05, 3.63) is 59.5 Å². The van der Waals surface area contributed by atoms with Crippen molar-refractivity contribution < 1.29 is 14.4 Å². The molecule has 0 unspecified atom stereocenters. The molecule has 26 heavy (non-hydrogen) atoms. The van der Waals surface area contributed by atoms with Crippen molar-refractivity contribution in [1.29, 1.82) is 0 Å². The molecule has 1 aliphatic carbocycles. The molecule has 0 saturated heterocycles.